The van der Waals surface area contributed by atoms with Gasteiger partial charge in [-0.15, -0.1) is 0 Å². The first kappa shape index (κ1) is 22.7. The first-order valence-corrected chi connectivity index (χ1v) is 11.7. The molecule has 35 heavy (non-hydrogen) atoms. The fraction of sp³-hybridized carbons (Fsp3) is 0.103. The molecule has 0 radical (unpaired) electrons. The van der Waals surface area contributed by atoms with Crippen LogP contribution in [0, 0.1) is 0 Å². The molecule has 6 heteroatoms. The van der Waals surface area contributed by atoms with Gasteiger partial charge in [-0.3, -0.25) is 0 Å². The molecule has 1 atom stereocenters. The number of carbonyl (C=O) groups excluding carboxylic acids is 1. The molecule has 0 spiro atoms. The van der Waals surface area contributed by atoms with E-state index in [4.69, 9.17) is 21.4 Å². The molecule has 4 aromatic rings. The molecule has 1 aliphatic heterocycles. The summed E-state index contributed by atoms with van der Waals surface area (Å²) in [5.41, 5.74) is 5.51. The zero-order valence-electron chi connectivity index (χ0n) is 19.2. The van der Waals surface area contributed by atoms with Crippen LogP contribution in [-0.4, -0.2) is 30.4 Å². The lowest BCUT2D eigenvalue weighted by atomic mass is 9.91. The van der Waals surface area contributed by atoms with Crippen LogP contribution in [0.5, 0.6) is 5.75 Å². The van der Waals surface area contributed by atoms with Gasteiger partial charge in [0.15, 0.2) is 0 Å². The lowest BCUT2D eigenvalue weighted by molar-refractivity contribution is 0.218. The van der Waals surface area contributed by atoms with Gasteiger partial charge in [-0.25, -0.2) is 9.80 Å². The van der Waals surface area contributed by atoms with Gasteiger partial charge in [-0.1, -0.05) is 84.4 Å². The van der Waals surface area contributed by atoms with Crippen molar-refractivity contribution in [2.24, 2.45) is 5.10 Å². The minimum atomic E-state index is -0.301. The highest BCUT2D eigenvalue weighted by molar-refractivity contribution is 6.30. The molecule has 0 saturated heterocycles. The summed E-state index contributed by atoms with van der Waals surface area (Å²) < 4.78 is 5.60. The van der Waals surface area contributed by atoms with Gasteiger partial charge < -0.3 is 10.1 Å². The van der Waals surface area contributed by atoms with E-state index in [9.17, 15) is 4.79 Å². The lowest BCUT2D eigenvalue weighted by Crippen LogP contribution is -2.30. The molecule has 174 valence electrons. The number of hydrazone groups is 1. The maximum absolute atomic E-state index is 13.2. The van der Waals surface area contributed by atoms with Crippen LogP contribution < -0.4 is 10.1 Å². The summed E-state index contributed by atoms with van der Waals surface area (Å²) in [4.78, 5) is 13.2. The number of benzene rings is 4. The molecule has 0 unspecified atom stereocenters. The Bertz CT molecular complexity index is 1360. The molecule has 4 aromatic carbocycles. The number of urea groups is 1. The number of anilines is 1. The van der Waals surface area contributed by atoms with Gasteiger partial charge >= 0.3 is 6.03 Å². The summed E-state index contributed by atoms with van der Waals surface area (Å²) in [7, 11) is 1.63. The number of nitrogens with one attached hydrogen (secondary N) is 1. The van der Waals surface area contributed by atoms with Crippen molar-refractivity contribution < 1.29 is 9.53 Å². The summed E-state index contributed by atoms with van der Waals surface area (Å²) in [5.74, 6) is 0.640. The second-order valence-electron chi connectivity index (χ2n) is 8.25. The Morgan fingerprint density at radius 3 is 2.29 bits per heavy atom. The average molecular weight is 482 g/mol. The van der Waals surface area contributed by atoms with Gasteiger partial charge in [0.2, 0.25) is 0 Å². The van der Waals surface area contributed by atoms with Crippen LogP contribution >= 0.6 is 11.6 Å². The summed E-state index contributed by atoms with van der Waals surface area (Å²) >= 11 is 6.09. The first-order valence-electron chi connectivity index (χ1n) is 11.3. The van der Waals surface area contributed by atoms with E-state index in [2.05, 4.69) is 17.4 Å². The zero-order chi connectivity index (χ0) is 24.2. The standard InChI is InChI=1S/C29H24ClN3O2/c1-35-27-18-24(16-17-25(27)20-8-4-2-5-9-20)31-29(34)33-19-26(21-10-6-3-7-11-21)28(32-33)22-12-14-23(30)15-13-22/h2-18,26H,19H2,1H3,(H,31,34)/t26-/m1/s1. The largest absolute Gasteiger partial charge is 0.496 e. The van der Waals surface area contributed by atoms with Gasteiger partial charge in [0.25, 0.3) is 0 Å². The van der Waals surface area contributed by atoms with Gasteiger partial charge in [0.05, 0.1) is 19.4 Å². The van der Waals surface area contributed by atoms with Crippen molar-refractivity contribution in [3.8, 4) is 16.9 Å². The molecule has 0 saturated carbocycles. The lowest BCUT2D eigenvalue weighted by Gasteiger charge is -2.17. The third-order valence-corrected chi connectivity index (χ3v) is 6.28. The number of hydrogen-bond acceptors (Lipinski definition) is 3. The second kappa shape index (κ2) is 10.0. The van der Waals surface area contributed by atoms with E-state index in [0.29, 0.717) is 23.0 Å². The number of amides is 2. The Hall–Kier alpha value is -4.09. The third kappa shape index (κ3) is 4.91. The number of hydrogen-bond donors (Lipinski definition) is 1. The van der Waals surface area contributed by atoms with Crippen molar-refractivity contribution >= 4 is 29.0 Å². The Kier molecular flexibility index (Phi) is 6.51. The molecule has 1 aliphatic rings. The van der Waals surface area contributed by atoms with Crippen LogP contribution in [0.4, 0.5) is 10.5 Å². The minimum Gasteiger partial charge on any atom is -0.496 e. The van der Waals surface area contributed by atoms with Crippen molar-refractivity contribution in [2.75, 3.05) is 19.0 Å². The Morgan fingerprint density at radius 1 is 0.914 bits per heavy atom. The van der Waals surface area contributed by atoms with Crippen LogP contribution in [0.2, 0.25) is 5.02 Å². The van der Waals surface area contributed by atoms with Crippen LogP contribution in [0.1, 0.15) is 17.0 Å². The zero-order valence-corrected chi connectivity index (χ0v) is 19.9. The van der Waals surface area contributed by atoms with Crippen LogP contribution in [0.15, 0.2) is 108 Å². The van der Waals surface area contributed by atoms with E-state index in [1.54, 1.807) is 7.11 Å². The van der Waals surface area contributed by atoms with Crippen LogP contribution in [-0.2, 0) is 0 Å². The molecule has 0 bridgehead atoms. The quantitative estimate of drug-likeness (QED) is 0.332. The molecule has 5 nitrogen and oxygen atoms in total. The molecule has 0 aromatic heterocycles. The average Bonchev–Trinajstić information content (AvgIpc) is 3.36. The molecule has 0 fully saturated rings. The summed E-state index contributed by atoms with van der Waals surface area (Å²) in [6, 6.07) is 33.0. The van der Waals surface area contributed by atoms with E-state index in [1.807, 2.05) is 91.0 Å². The fourth-order valence-electron chi connectivity index (χ4n) is 4.27. The minimum absolute atomic E-state index is 0.0434. The van der Waals surface area contributed by atoms with Gasteiger partial charge in [-0.05, 0) is 41.0 Å². The van der Waals surface area contributed by atoms with Crippen molar-refractivity contribution in [3.63, 3.8) is 0 Å². The number of halogens is 1. The maximum atomic E-state index is 13.2. The Morgan fingerprint density at radius 2 is 1.60 bits per heavy atom. The van der Waals surface area contributed by atoms with Crippen molar-refractivity contribution in [1.29, 1.82) is 0 Å². The van der Waals surface area contributed by atoms with Gasteiger partial charge in [0.1, 0.15) is 5.75 Å². The third-order valence-electron chi connectivity index (χ3n) is 6.03. The van der Waals surface area contributed by atoms with Gasteiger partial charge in [-0.2, -0.15) is 5.10 Å². The smallest absolute Gasteiger partial charge is 0.342 e. The Balaban J connectivity index is 1.40. The Labute approximate surface area is 209 Å². The number of methoxy groups -OCH3 is 1. The van der Waals surface area contributed by atoms with Crippen molar-refractivity contribution in [1.82, 2.24) is 5.01 Å². The van der Waals surface area contributed by atoms with Crippen LogP contribution in [0.25, 0.3) is 11.1 Å². The van der Waals surface area contributed by atoms with E-state index >= 15 is 0 Å². The summed E-state index contributed by atoms with van der Waals surface area (Å²) in [6.07, 6.45) is 0. The molecule has 0 aliphatic carbocycles. The number of nitrogens with zero attached hydrogens (tertiary/aromatic N) is 2. The number of carbonyl (C=O) groups is 1. The fourth-order valence-corrected chi connectivity index (χ4v) is 4.40. The van der Waals surface area contributed by atoms with Crippen LogP contribution in [0.3, 0.4) is 0 Å². The van der Waals surface area contributed by atoms with E-state index in [-0.39, 0.29) is 11.9 Å². The molecular formula is C29H24ClN3O2. The molecular weight excluding hydrogens is 458 g/mol. The molecule has 1 heterocycles. The second-order valence-corrected chi connectivity index (χ2v) is 8.69. The molecule has 2 amide bonds. The highest BCUT2D eigenvalue weighted by Crippen LogP contribution is 2.33. The predicted octanol–water partition coefficient (Wildman–Crippen LogP) is 7.05. The van der Waals surface area contributed by atoms with E-state index in [0.717, 1.165) is 28.0 Å². The normalized spacial score (nSPS) is 15.0. The highest BCUT2D eigenvalue weighted by atomic mass is 35.5. The summed E-state index contributed by atoms with van der Waals surface area (Å²) in [6.45, 7) is 0.438. The van der Waals surface area contributed by atoms with E-state index < -0.39 is 0 Å². The monoisotopic (exact) mass is 481 g/mol. The van der Waals surface area contributed by atoms with Gasteiger partial charge in [0, 0.05) is 28.3 Å². The topological polar surface area (TPSA) is 53.9 Å². The van der Waals surface area contributed by atoms with E-state index in [1.165, 1.54) is 5.01 Å². The summed E-state index contributed by atoms with van der Waals surface area (Å²) in [5, 5.41) is 9.83. The molecule has 1 N–H and O–H groups in total. The van der Waals surface area contributed by atoms with Crippen molar-refractivity contribution in [3.05, 3.63) is 119 Å². The number of ether oxygens (including phenoxy) is 1. The molecule has 5 rings (SSSR count). The predicted molar refractivity (Wildman–Crippen MR) is 141 cm³/mol. The number of rotatable bonds is 5. The highest BCUT2D eigenvalue weighted by Gasteiger charge is 2.32. The first-order chi connectivity index (χ1) is 17.1. The SMILES string of the molecule is COc1cc(NC(=O)N2C[C@H](c3ccccc3)C(c3ccc(Cl)cc3)=N2)ccc1-c1ccccc1. The van der Waals surface area contributed by atoms with Crippen molar-refractivity contribution in [2.45, 2.75) is 5.92 Å². The maximum Gasteiger partial charge on any atom is 0.342 e.